The molecule has 0 aromatic heterocycles. The molecule has 7 heteroatoms. The van der Waals surface area contributed by atoms with E-state index >= 15 is 0 Å². The SMILES string of the molecule is CCOc1ccc(C(c2cccc(OC)c2OC)N2CCCC2C(=O)O)cc1OC. The van der Waals surface area contributed by atoms with Gasteiger partial charge in [-0.1, -0.05) is 18.2 Å². The Morgan fingerprint density at radius 1 is 1.10 bits per heavy atom. The number of carboxylic acids is 1. The highest BCUT2D eigenvalue weighted by molar-refractivity contribution is 5.74. The first-order valence-corrected chi connectivity index (χ1v) is 10.1. The van der Waals surface area contributed by atoms with E-state index in [4.69, 9.17) is 18.9 Å². The zero-order valence-corrected chi connectivity index (χ0v) is 17.9. The van der Waals surface area contributed by atoms with Crippen LogP contribution in [0, 0.1) is 0 Å². The average Bonchev–Trinajstić information content (AvgIpc) is 3.24. The Labute approximate surface area is 177 Å². The molecule has 1 saturated heterocycles. The highest BCUT2D eigenvalue weighted by Crippen LogP contribution is 2.44. The molecule has 30 heavy (non-hydrogen) atoms. The summed E-state index contributed by atoms with van der Waals surface area (Å²) in [5.74, 6) is 1.62. The Kier molecular flexibility index (Phi) is 7.05. The van der Waals surface area contributed by atoms with Crippen molar-refractivity contribution in [1.82, 2.24) is 4.90 Å². The monoisotopic (exact) mass is 415 g/mol. The number of likely N-dealkylation sites (tertiary alicyclic amines) is 1. The largest absolute Gasteiger partial charge is 0.493 e. The standard InChI is InChI=1S/C23H29NO6/c1-5-30-18-12-11-15(14-20(18)28-3)21(24-13-7-9-17(24)23(25)26)16-8-6-10-19(27-2)22(16)29-4/h6,8,10-12,14,17,21H,5,7,9,13H2,1-4H3,(H,25,26). The quantitative estimate of drug-likeness (QED) is 0.668. The average molecular weight is 415 g/mol. The van der Waals surface area contributed by atoms with Crippen LogP contribution in [0.3, 0.4) is 0 Å². The van der Waals surface area contributed by atoms with Crippen LogP contribution in [0.4, 0.5) is 0 Å². The molecule has 7 nitrogen and oxygen atoms in total. The first-order chi connectivity index (χ1) is 14.5. The lowest BCUT2D eigenvalue weighted by Crippen LogP contribution is -2.39. The number of methoxy groups -OCH3 is 3. The second-order valence-corrected chi connectivity index (χ2v) is 7.06. The second-order valence-electron chi connectivity index (χ2n) is 7.06. The van der Waals surface area contributed by atoms with Crippen molar-refractivity contribution in [2.45, 2.75) is 31.8 Å². The van der Waals surface area contributed by atoms with Gasteiger partial charge in [0.2, 0.25) is 0 Å². The third kappa shape index (κ3) is 4.16. The van der Waals surface area contributed by atoms with Gasteiger partial charge in [-0.2, -0.15) is 0 Å². The topological polar surface area (TPSA) is 77.5 Å². The minimum atomic E-state index is -0.822. The van der Waals surface area contributed by atoms with Crippen LogP contribution >= 0.6 is 0 Å². The minimum Gasteiger partial charge on any atom is -0.493 e. The van der Waals surface area contributed by atoms with Gasteiger partial charge in [-0.25, -0.2) is 0 Å². The third-order valence-corrected chi connectivity index (χ3v) is 5.44. The summed E-state index contributed by atoms with van der Waals surface area (Å²) >= 11 is 0. The molecular weight excluding hydrogens is 386 g/mol. The van der Waals surface area contributed by atoms with Crippen LogP contribution in [0.25, 0.3) is 0 Å². The zero-order valence-electron chi connectivity index (χ0n) is 17.9. The van der Waals surface area contributed by atoms with Crippen LogP contribution in [0.15, 0.2) is 36.4 Å². The smallest absolute Gasteiger partial charge is 0.320 e. The van der Waals surface area contributed by atoms with Crippen molar-refractivity contribution in [2.24, 2.45) is 0 Å². The van der Waals surface area contributed by atoms with E-state index in [2.05, 4.69) is 0 Å². The number of rotatable bonds is 9. The molecule has 0 bridgehead atoms. The number of aliphatic carboxylic acids is 1. The summed E-state index contributed by atoms with van der Waals surface area (Å²) in [6, 6.07) is 10.5. The predicted octanol–water partition coefficient (Wildman–Crippen LogP) is 3.75. The fraction of sp³-hybridized carbons (Fsp3) is 0.435. The van der Waals surface area contributed by atoms with E-state index in [1.807, 2.05) is 48.2 Å². The van der Waals surface area contributed by atoms with E-state index in [0.717, 1.165) is 17.5 Å². The molecule has 3 rings (SSSR count). The summed E-state index contributed by atoms with van der Waals surface area (Å²) in [4.78, 5) is 14.0. The van der Waals surface area contributed by atoms with E-state index in [9.17, 15) is 9.90 Å². The van der Waals surface area contributed by atoms with Crippen molar-refractivity contribution < 1.29 is 28.8 Å². The van der Waals surface area contributed by atoms with Crippen LogP contribution in [-0.2, 0) is 4.79 Å². The maximum atomic E-state index is 12.0. The van der Waals surface area contributed by atoms with E-state index in [1.165, 1.54) is 0 Å². The van der Waals surface area contributed by atoms with Gasteiger partial charge in [0.1, 0.15) is 6.04 Å². The summed E-state index contributed by atoms with van der Waals surface area (Å²) in [5.41, 5.74) is 1.74. The molecule has 1 N–H and O–H groups in total. The van der Waals surface area contributed by atoms with Gasteiger partial charge >= 0.3 is 5.97 Å². The van der Waals surface area contributed by atoms with Gasteiger partial charge in [0.25, 0.3) is 0 Å². The first kappa shape index (κ1) is 21.8. The molecule has 1 heterocycles. The number of nitrogens with zero attached hydrogens (tertiary/aromatic N) is 1. The van der Waals surface area contributed by atoms with Gasteiger partial charge in [0, 0.05) is 12.1 Å². The molecule has 2 aromatic carbocycles. The Morgan fingerprint density at radius 2 is 1.87 bits per heavy atom. The Morgan fingerprint density at radius 3 is 2.50 bits per heavy atom. The van der Waals surface area contributed by atoms with Crippen LogP contribution in [0.5, 0.6) is 23.0 Å². The van der Waals surface area contributed by atoms with E-state index in [-0.39, 0.29) is 6.04 Å². The van der Waals surface area contributed by atoms with E-state index in [0.29, 0.717) is 42.6 Å². The van der Waals surface area contributed by atoms with Crippen LogP contribution in [0.1, 0.15) is 36.9 Å². The lowest BCUT2D eigenvalue weighted by molar-refractivity contribution is -0.142. The Balaban J connectivity index is 2.18. The number of ether oxygens (including phenoxy) is 4. The van der Waals surface area contributed by atoms with Crippen LogP contribution in [0.2, 0.25) is 0 Å². The third-order valence-electron chi connectivity index (χ3n) is 5.44. The molecule has 162 valence electrons. The summed E-state index contributed by atoms with van der Waals surface area (Å²) in [7, 11) is 4.78. The minimum absolute atomic E-state index is 0.344. The van der Waals surface area contributed by atoms with Crippen molar-refractivity contribution in [3.63, 3.8) is 0 Å². The Bertz CT molecular complexity index is 884. The molecule has 1 aliphatic heterocycles. The molecule has 2 atom stereocenters. The highest BCUT2D eigenvalue weighted by atomic mass is 16.5. The number of para-hydroxylation sites is 1. The second kappa shape index (κ2) is 9.71. The van der Waals surface area contributed by atoms with Gasteiger partial charge in [-0.3, -0.25) is 9.69 Å². The molecule has 1 fully saturated rings. The fourth-order valence-electron chi connectivity index (χ4n) is 4.17. The number of hydrogen-bond donors (Lipinski definition) is 1. The Hall–Kier alpha value is -2.93. The summed E-state index contributed by atoms with van der Waals surface area (Å²) in [6.07, 6.45) is 1.42. The first-order valence-electron chi connectivity index (χ1n) is 10.1. The molecule has 1 aliphatic rings. The lowest BCUT2D eigenvalue weighted by atomic mass is 9.94. The molecule has 0 spiro atoms. The lowest BCUT2D eigenvalue weighted by Gasteiger charge is -2.33. The zero-order chi connectivity index (χ0) is 21.7. The van der Waals surface area contributed by atoms with Gasteiger partial charge in [0.05, 0.1) is 34.0 Å². The summed E-state index contributed by atoms with van der Waals surface area (Å²) in [6.45, 7) is 3.10. The van der Waals surface area contributed by atoms with E-state index < -0.39 is 12.0 Å². The van der Waals surface area contributed by atoms with Crippen molar-refractivity contribution in [1.29, 1.82) is 0 Å². The molecular formula is C23H29NO6. The summed E-state index contributed by atoms with van der Waals surface area (Å²) in [5, 5.41) is 9.83. The van der Waals surface area contributed by atoms with Crippen molar-refractivity contribution in [3.8, 4) is 23.0 Å². The molecule has 0 radical (unpaired) electrons. The molecule has 0 amide bonds. The molecule has 0 aliphatic carbocycles. The highest BCUT2D eigenvalue weighted by Gasteiger charge is 2.38. The molecule has 2 aromatic rings. The van der Waals surface area contributed by atoms with Crippen molar-refractivity contribution >= 4 is 5.97 Å². The fourth-order valence-corrected chi connectivity index (χ4v) is 4.17. The van der Waals surface area contributed by atoms with Crippen molar-refractivity contribution in [2.75, 3.05) is 34.5 Å². The maximum absolute atomic E-state index is 12.0. The normalized spacial score (nSPS) is 17.4. The van der Waals surface area contributed by atoms with Gasteiger partial charge in [-0.05, 0) is 43.5 Å². The maximum Gasteiger partial charge on any atom is 0.320 e. The predicted molar refractivity (Wildman–Crippen MR) is 113 cm³/mol. The van der Waals surface area contributed by atoms with Crippen LogP contribution in [-0.4, -0.2) is 56.5 Å². The summed E-state index contributed by atoms with van der Waals surface area (Å²) < 4.78 is 22.4. The van der Waals surface area contributed by atoms with Crippen molar-refractivity contribution in [3.05, 3.63) is 47.5 Å². The van der Waals surface area contributed by atoms with Gasteiger partial charge in [0.15, 0.2) is 23.0 Å². The van der Waals surface area contributed by atoms with Crippen LogP contribution < -0.4 is 18.9 Å². The number of benzene rings is 2. The number of hydrogen-bond acceptors (Lipinski definition) is 6. The van der Waals surface area contributed by atoms with Gasteiger partial charge < -0.3 is 24.1 Å². The molecule has 0 saturated carbocycles. The number of carbonyl (C=O) groups is 1. The van der Waals surface area contributed by atoms with E-state index in [1.54, 1.807) is 21.3 Å². The number of carboxylic acid groups (broad SMARTS) is 1. The molecule has 2 unspecified atom stereocenters. The van der Waals surface area contributed by atoms with Gasteiger partial charge in [-0.15, -0.1) is 0 Å².